The van der Waals surface area contributed by atoms with Crippen molar-refractivity contribution in [1.82, 2.24) is 5.32 Å². The second-order valence-corrected chi connectivity index (χ2v) is 4.46. The Morgan fingerprint density at radius 3 is 2.88 bits per heavy atom. The zero-order chi connectivity index (χ0) is 12.4. The van der Waals surface area contributed by atoms with Crippen LogP contribution in [0.15, 0.2) is 10.5 Å². The fraction of sp³-hybridized carbons (Fsp3) is 0.455. The van der Waals surface area contributed by atoms with Gasteiger partial charge in [-0.05, 0) is 15.9 Å². The van der Waals surface area contributed by atoms with Crippen LogP contribution in [0.4, 0.5) is 8.78 Å². The van der Waals surface area contributed by atoms with Crippen LogP contribution in [0, 0.1) is 11.6 Å². The Morgan fingerprint density at radius 2 is 2.29 bits per heavy atom. The van der Waals surface area contributed by atoms with E-state index in [0.29, 0.717) is 19.7 Å². The second-order valence-electron chi connectivity index (χ2n) is 3.67. The minimum absolute atomic E-state index is 0.0649. The molecule has 0 spiro atoms. The molecule has 0 bridgehead atoms. The van der Waals surface area contributed by atoms with Crippen LogP contribution in [0.5, 0.6) is 5.75 Å². The minimum Gasteiger partial charge on any atom is -0.495 e. The van der Waals surface area contributed by atoms with Gasteiger partial charge < -0.3 is 14.8 Å². The van der Waals surface area contributed by atoms with E-state index < -0.39 is 17.7 Å². The van der Waals surface area contributed by atoms with E-state index in [4.69, 9.17) is 9.47 Å². The van der Waals surface area contributed by atoms with E-state index in [1.54, 1.807) is 0 Å². The summed E-state index contributed by atoms with van der Waals surface area (Å²) in [5.74, 6) is -1.20. The normalized spacial score (nSPS) is 20.4. The van der Waals surface area contributed by atoms with Crippen molar-refractivity contribution in [1.29, 1.82) is 0 Å². The van der Waals surface area contributed by atoms with Crippen LogP contribution in [0.1, 0.15) is 11.7 Å². The van der Waals surface area contributed by atoms with E-state index in [0.717, 1.165) is 6.07 Å². The highest BCUT2D eigenvalue weighted by Gasteiger charge is 2.26. The fourth-order valence-corrected chi connectivity index (χ4v) is 2.27. The smallest absolute Gasteiger partial charge is 0.149 e. The molecule has 1 N–H and O–H groups in total. The SMILES string of the molecule is COc1cc(F)c(C2CNCCO2)c(F)c1Br. The van der Waals surface area contributed by atoms with E-state index in [9.17, 15) is 8.78 Å². The Kier molecular flexibility index (Phi) is 3.96. The Labute approximate surface area is 106 Å². The molecule has 1 fully saturated rings. The molecule has 0 saturated carbocycles. The van der Waals surface area contributed by atoms with Crippen LogP contribution in [0.3, 0.4) is 0 Å². The first-order chi connectivity index (χ1) is 8.15. The Morgan fingerprint density at radius 1 is 1.53 bits per heavy atom. The lowest BCUT2D eigenvalue weighted by atomic mass is 10.1. The average Bonchev–Trinajstić information content (AvgIpc) is 2.35. The van der Waals surface area contributed by atoms with Gasteiger partial charge in [-0.2, -0.15) is 0 Å². The van der Waals surface area contributed by atoms with Gasteiger partial charge >= 0.3 is 0 Å². The predicted octanol–water partition coefficient (Wildman–Crippen LogP) is 2.40. The molecule has 1 aromatic rings. The summed E-state index contributed by atoms with van der Waals surface area (Å²) in [6, 6.07) is 1.15. The summed E-state index contributed by atoms with van der Waals surface area (Å²) >= 11 is 3.05. The van der Waals surface area contributed by atoms with Gasteiger partial charge in [0.25, 0.3) is 0 Å². The summed E-state index contributed by atoms with van der Waals surface area (Å²) < 4.78 is 38.2. The van der Waals surface area contributed by atoms with Gasteiger partial charge in [0.05, 0.1) is 23.8 Å². The van der Waals surface area contributed by atoms with E-state index in [1.165, 1.54) is 7.11 Å². The third-order valence-electron chi connectivity index (χ3n) is 2.63. The van der Waals surface area contributed by atoms with Crippen molar-refractivity contribution in [3.63, 3.8) is 0 Å². The quantitative estimate of drug-likeness (QED) is 0.851. The van der Waals surface area contributed by atoms with Crippen molar-refractivity contribution in [3.05, 3.63) is 27.7 Å². The third kappa shape index (κ3) is 2.43. The molecule has 2 rings (SSSR count). The van der Waals surface area contributed by atoms with Gasteiger partial charge in [0.2, 0.25) is 0 Å². The molecule has 0 radical (unpaired) electrons. The first-order valence-electron chi connectivity index (χ1n) is 5.19. The van der Waals surface area contributed by atoms with Crippen molar-refractivity contribution < 1.29 is 18.3 Å². The van der Waals surface area contributed by atoms with Crippen LogP contribution >= 0.6 is 15.9 Å². The van der Waals surface area contributed by atoms with Crippen molar-refractivity contribution in [3.8, 4) is 5.75 Å². The lowest BCUT2D eigenvalue weighted by molar-refractivity contribution is 0.0230. The predicted molar refractivity (Wildman–Crippen MR) is 62.2 cm³/mol. The monoisotopic (exact) mass is 307 g/mol. The first-order valence-corrected chi connectivity index (χ1v) is 5.98. The topological polar surface area (TPSA) is 30.5 Å². The molecule has 3 nitrogen and oxygen atoms in total. The standard InChI is InChI=1S/C11H12BrF2NO2/c1-16-7-4-6(13)9(11(14)10(7)12)8-5-15-2-3-17-8/h4,8,15H,2-3,5H2,1H3. The highest BCUT2D eigenvalue weighted by Crippen LogP contribution is 2.35. The minimum atomic E-state index is -0.671. The molecule has 17 heavy (non-hydrogen) atoms. The fourth-order valence-electron chi connectivity index (χ4n) is 1.78. The number of ether oxygens (including phenoxy) is 2. The second kappa shape index (κ2) is 5.29. The van der Waals surface area contributed by atoms with Crippen LogP contribution in [0.25, 0.3) is 0 Å². The summed E-state index contributed by atoms with van der Waals surface area (Å²) in [5.41, 5.74) is -0.0649. The van der Waals surface area contributed by atoms with Gasteiger partial charge in [-0.3, -0.25) is 0 Å². The van der Waals surface area contributed by atoms with E-state index in [2.05, 4.69) is 21.2 Å². The Bertz CT molecular complexity index is 422. The summed E-state index contributed by atoms with van der Waals surface area (Å²) in [6.07, 6.45) is -0.606. The maximum Gasteiger partial charge on any atom is 0.149 e. The van der Waals surface area contributed by atoms with Crippen molar-refractivity contribution >= 4 is 15.9 Å². The summed E-state index contributed by atoms with van der Waals surface area (Å²) in [6.45, 7) is 1.52. The van der Waals surface area contributed by atoms with Crippen LogP contribution in [-0.4, -0.2) is 26.8 Å². The van der Waals surface area contributed by atoms with E-state index >= 15 is 0 Å². The number of rotatable bonds is 2. The summed E-state index contributed by atoms with van der Waals surface area (Å²) in [5, 5.41) is 3.03. The molecule has 0 aromatic heterocycles. The largest absolute Gasteiger partial charge is 0.495 e. The molecule has 94 valence electrons. The number of hydrogen-bond donors (Lipinski definition) is 1. The molecule has 1 heterocycles. The van der Waals surface area contributed by atoms with Crippen molar-refractivity contribution in [2.45, 2.75) is 6.10 Å². The van der Waals surface area contributed by atoms with E-state index in [1.807, 2.05) is 0 Å². The van der Waals surface area contributed by atoms with E-state index in [-0.39, 0.29) is 15.8 Å². The van der Waals surface area contributed by atoms with Gasteiger partial charge in [-0.15, -0.1) is 0 Å². The highest BCUT2D eigenvalue weighted by molar-refractivity contribution is 9.10. The third-order valence-corrected chi connectivity index (χ3v) is 3.37. The van der Waals surface area contributed by atoms with Crippen LogP contribution in [0.2, 0.25) is 0 Å². The van der Waals surface area contributed by atoms with Gasteiger partial charge in [0.1, 0.15) is 23.5 Å². The molecule has 1 aliphatic rings. The van der Waals surface area contributed by atoms with Crippen LogP contribution < -0.4 is 10.1 Å². The zero-order valence-corrected chi connectivity index (χ0v) is 10.8. The van der Waals surface area contributed by atoms with Gasteiger partial charge in [0.15, 0.2) is 0 Å². The first kappa shape index (κ1) is 12.7. The molecule has 1 atom stereocenters. The molecular weight excluding hydrogens is 296 g/mol. The molecular formula is C11H12BrF2NO2. The van der Waals surface area contributed by atoms with Crippen molar-refractivity contribution in [2.75, 3.05) is 26.8 Å². The maximum atomic E-state index is 14.0. The van der Waals surface area contributed by atoms with Crippen LogP contribution in [-0.2, 0) is 4.74 Å². The highest BCUT2D eigenvalue weighted by atomic mass is 79.9. The number of halogens is 3. The Hall–Kier alpha value is -0.720. The number of benzene rings is 1. The number of nitrogens with one attached hydrogen (secondary N) is 1. The van der Waals surface area contributed by atoms with Gasteiger partial charge in [0, 0.05) is 19.2 Å². The lowest BCUT2D eigenvalue weighted by Gasteiger charge is -2.25. The lowest BCUT2D eigenvalue weighted by Crippen LogP contribution is -2.34. The number of hydrogen-bond acceptors (Lipinski definition) is 3. The van der Waals surface area contributed by atoms with Gasteiger partial charge in [-0.25, -0.2) is 8.78 Å². The van der Waals surface area contributed by atoms with Gasteiger partial charge in [-0.1, -0.05) is 0 Å². The molecule has 0 aliphatic carbocycles. The molecule has 1 aromatic carbocycles. The Balaban J connectivity index is 2.42. The van der Waals surface area contributed by atoms with Crippen molar-refractivity contribution in [2.24, 2.45) is 0 Å². The maximum absolute atomic E-state index is 14.0. The zero-order valence-electron chi connectivity index (χ0n) is 9.23. The molecule has 1 unspecified atom stereocenters. The molecule has 1 saturated heterocycles. The molecule has 6 heteroatoms. The summed E-state index contributed by atoms with van der Waals surface area (Å²) in [4.78, 5) is 0. The summed E-state index contributed by atoms with van der Waals surface area (Å²) in [7, 11) is 1.36. The number of methoxy groups -OCH3 is 1. The molecule has 1 aliphatic heterocycles. The molecule has 0 amide bonds. The number of morpholine rings is 1. The average molecular weight is 308 g/mol.